The summed E-state index contributed by atoms with van der Waals surface area (Å²) in [6.45, 7) is 9.35. The molecule has 1 heteroatoms. The molecule has 0 rings (SSSR count). The van der Waals surface area contributed by atoms with Crippen molar-refractivity contribution in [2.75, 3.05) is 13.6 Å². The Bertz CT molecular complexity index is 76.9. The van der Waals surface area contributed by atoms with E-state index in [-0.39, 0.29) is 0 Å². The summed E-state index contributed by atoms with van der Waals surface area (Å²) in [4.78, 5) is 0. The van der Waals surface area contributed by atoms with Crippen molar-refractivity contribution in [1.29, 1.82) is 0 Å². The van der Waals surface area contributed by atoms with Gasteiger partial charge in [0, 0.05) is 6.54 Å². The Morgan fingerprint density at radius 1 is 1.36 bits per heavy atom. The van der Waals surface area contributed by atoms with Gasteiger partial charge in [0.2, 0.25) is 0 Å². The summed E-state index contributed by atoms with van der Waals surface area (Å²) in [5.74, 6) is 0. The largest absolute Gasteiger partial charge is 0.316 e. The third-order valence-electron chi connectivity index (χ3n) is 1.38. The van der Waals surface area contributed by atoms with Crippen LogP contribution in [0.1, 0.15) is 40.5 Å². The van der Waals surface area contributed by atoms with E-state index in [0.717, 1.165) is 6.54 Å². The Labute approximate surface area is 71.9 Å². The zero-order valence-electron chi connectivity index (χ0n) is 8.70. The lowest BCUT2D eigenvalue weighted by atomic mass is 10.1. The van der Waals surface area contributed by atoms with Crippen molar-refractivity contribution in [1.82, 2.24) is 5.32 Å². The lowest BCUT2D eigenvalue weighted by Crippen LogP contribution is -2.09. The van der Waals surface area contributed by atoms with Gasteiger partial charge in [0.05, 0.1) is 0 Å². The van der Waals surface area contributed by atoms with Gasteiger partial charge in [-0.15, -0.1) is 0 Å². The number of hydrogen-bond acceptors (Lipinski definition) is 1. The molecule has 11 heavy (non-hydrogen) atoms. The van der Waals surface area contributed by atoms with Crippen LogP contribution in [0.2, 0.25) is 0 Å². The van der Waals surface area contributed by atoms with Crippen molar-refractivity contribution in [3.05, 3.63) is 11.6 Å². The smallest absolute Gasteiger partial charge is 0.0161 e. The minimum absolute atomic E-state index is 1.05. The Kier molecular flexibility index (Phi) is 15.0. The second-order valence-corrected chi connectivity index (χ2v) is 2.23. The average Bonchev–Trinajstić information content (AvgIpc) is 2.08. The minimum atomic E-state index is 1.05. The van der Waals surface area contributed by atoms with Crippen molar-refractivity contribution in [2.24, 2.45) is 0 Å². The number of nitrogens with one attached hydrogen (secondary N) is 1. The first-order valence-electron chi connectivity index (χ1n) is 4.63. The maximum Gasteiger partial charge on any atom is 0.0161 e. The molecule has 0 saturated heterocycles. The van der Waals surface area contributed by atoms with Crippen molar-refractivity contribution >= 4 is 0 Å². The topological polar surface area (TPSA) is 12.0 Å². The van der Waals surface area contributed by atoms with Crippen molar-refractivity contribution in [3.8, 4) is 0 Å². The quantitative estimate of drug-likeness (QED) is 0.619. The molecule has 1 N–H and O–H groups in total. The highest BCUT2D eigenvalue weighted by atomic mass is 14.8. The van der Waals surface area contributed by atoms with Crippen LogP contribution in [0.5, 0.6) is 0 Å². The zero-order valence-corrected chi connectivity index (χ0v) is 8.70. The molecule has 0 fully saturated rings. The average molecular weight is 157 g/mol. The van der Waals surface area contributed by atoms with Crippen LogP contribution in [0.4, 0.5) is 0 Å². The normalized spacial score (nSPS) is 10.5. The molecule has 0 aliphatic rings. The van der Waals surface area contributed by atoms with E-state index in [2.05, 4.69) is 25.2 Å². The Morgan fingerprint density at radius 3 is 2.18 bits per heavy atom. The van der Waals surface area contributed by atoms with E-state index in [4.69, 9.17) is 0 Å². The molecule has 0 radical (unpaired) electrons. The first-order valence-corrected chi connectivity index (χ1v) is 4.63. The van der Waals surface area contributed by atoms with Crippen LogP contribution in [-0.2, 0) is 0 Å². The van der Waals surface area contributed by atoms with Crippen LogP contribution in [-0.4, -0.2) is 13.6 Å². The number of allylic oxidation sites excluding steroid dienone is 1. The Morgan fingerprint density at radius 2 is 1.91 bits per heavy atom. The van der Waals surface area contributed by atoms with Crippen molar-refractivity contribution in [3.63, 3.8) is 0 Å². The molecule has 0 aromatic carbocycles. The standard InChI is InChI=1S/C8H17N.C2H6/c1-4-6-8(5-2)7-9-3;1-2/h5,9H,4,6-7H2,1-3H3;1-2H3/b8-5-;. The molecule has 0 spiro atoms. The number of hydrogen-bond donors (Lipinski definition) is 1. The summed E-state index contributed by atoms with van der Waals surface area (Å²) < 4.78 is 0. The third-order valence-corrected chi connectivity index (χ3v) is 1.38. The van der Waals surface area contributed by atoms with Gasteiger partial charge in [-0.05, 0) is 20.4 Å². The van der Waals surface area contributed by atoms with E-state index < -0.39 is 0 Å². The Hall–Kier alpha value is -0.300. The Balaban J connectivity index is 0. The van der Waals surface area contributed by atoms with E-state index in [1.807, 2.05) is 20.9 Å². The van der Waals surface area contributed by atoms with Crippen LogP contribution in [0.15, 0.2) is 11.6 Å². The highest BCUT2D eigenvalue weighted by Gasteiger charge is 1.89. The fourth-order valence-corrected chi connectivity index (χ4v) is 0.883. The number of likely N-dealkylation sites (N-methyl/N-ethyl adjacent to an activating group) is 1. The van der Waals surface area contributed by atoms with Crippen molar-refractivity contribution in [2.45, 2.75) is 40.5 Å². The number of rotatable bonds is 4. The second kappa shape index (κ2) is 12.4. The second-order valence-electron chi connectivity index (χ2n) is 2.23. The van der Waals surface area contributed by atoms with Crippen LogP contribution >= 0.6 is 0 Å². The van der Waals surface area contributed by atoms with Gasteiger partial charge in [0.25, 0.3) is 0 Å². The molecule has 0 unspecified atom stereocenters. The summed E-state index contributed by atoms with van der Waals surface area (Å²) in [5.41, 5.74) is 1.51. The van der Waals surface area contributed by atoms with Crippen LogP contribution < -0.4 is 5.32 Å². The van der Waals surface area contributed by atoms with Crippen LogP contribution in [0, 0.1) is 0 Å². The molecule has 68 valence electrons. The molecule has 0 saturated carbocycles. The summed E-state index contributed by atoms with van der Waals surface area (Å²) in [5, 5.41) is 3.14. The van der Waals surface area contributed by atoms with E-state index in [0.29, 0.717) is 0 Å². The molecule has 0 amide bonds. The molecule has 1 nitrogen and oxygen atoms in total. The predicted octanol–water partition coefficient (Wildman–Crippen LogP) is 2.98. The molecule has 0 aromatic rings. The van der Waals surface area contributed by atoms with E-state index in [9.17, 15) is 0 Å². The minimum Gasteiger partial charge on any atom is -0.316 e. The maximum absolute atomic E-state index is 3.14. The summed E-state index contributed by atoms with van der Waals surface area (Å²) in [6, 6.07) is 0. The SMILES string of the molecule is C/C=C(/CCC)CNC.CC. The lowest BCUT2D eigenvalue weighted by Gasteiger charge is -2.02. The maximum atomic E-state index is 3.14. The monoisotopic (exact) mass is 157 g/mol. The van der Waals surface area contributed by atoms with Gasteiger partial charge in [0.1, 0.15) is 0 Å². The highest BCUT2D eigenvalue weighted by Crippen LogP contribution is 2.01. The molecule has 0 aliphatic carbocycles. The van der Waals surface area contributed by atoms with Crippen molar-refractivity contribution < 1.29 is 0 Å². The van der Waals surface area contributed by atoms with Gasteiger partial charge in [-0.3, -0.25) is 0 Å². The van der Waals surface area contributed by atoms with Crippen LogP contribution in [0.3, 0.4) is 0 Å². The fraction of sp³-hybridized carbons (Fsp3) is 0.800. The van der Waals surface area contributed by atoms with Gasteiger partial charge in [0.15, 0.2) is 0 Å². The summed E-state index contributed by atoms with van der Waals surface area (Å²) in [6.07, 6.45) is 4.68. The molecule has 0 heterocycles. The van der Waals surface area contributed by atoms with E-state index in [1.54, 1.807) is 0 Å². The highest BCUT2D eigenvalue weighted by molar-refractivity contribution is 5.01. The predicted molar refractivity (Wildman–Crippen MR) is 53.9 cm³/mol. The molecule has 0 aromatic heterocycles. The first kappa shape index (κ1) is 13.3. The summed E-state index contributed by atoms with van der Waals surface area (Å²) >= 11 is 0. The first-order chi connectivity index (χ1) is 5.35. The molecular weight excluding hydrogens is 134 g/mol. The van der Waals surface area contributed by atoms with Crippen LogP contribution in [0.25, 0.3) is 0 Å². The van der Waals surface area contributed by atoms with Gasteiger partial charge in [-0.25, -0.2) is 0 Å². The third kappa shape index (κ3) is 9.70. The molecule has 0 aliphatic heterocycles. The zero-order chi connectivity index (χ0) is 9.11. The fourth-order valence-electron chi connectivity index (χ4n) is 0.883. The molecule has 0 atom stereocenters. The summed E-state index contributed by atoms with van der Waals surface area (Å²) in [7, 11) is 1.99. The van der Waals surface area contributed by atoms with Gasteiger partial charge in [-0.1, -0.05) is 38.8 Å². The van der Waals surface area contributed by atoms with E-state index in [1.165, 1.54) is 18.4 Å². The lowest BCUT2D eigenvalue weighted by molar-refractivity contribution is 0.798. The molecular formula is C10H23N. The van der Waals surface area contributed by atoms with Gasteiger partial charge >= 0.3 is 0 Å². The van der Waals surface area contributed by atoms with Gasteiger partial charge in [-0.2, -0.15) is 0 Å². The molecule has 0 bridgehead atoms. The van der Waals surface area contributed by atoms with E-state index >= 15 is 0 Å². The van der Waals surface area contributed by atoms with Gasteiger partial charge < -0.3 is 5.32 Å².